The fourth-order valence-electron chi connectivity index (χ4n) is 3.51. The molecule has 0 unspecified atom stereocenters. The minimum Gasteiger partial charge on any atom is -0.365 e. The Bertz CT molecular complexity index is 413. The Hall–Kier alpha value is -1.02. The van der Waals surface area contributed by atoms with E-state index < -0.39 is 0 Å². The van der Waals surface area contributed by atoms with E-state index in [1.807, 2.05) is 0 Å². The van der Waals surface area contributed by atoms with Gasteiger partial charge in [-0.25, -0.2) is 0 Å². The third-order valence-electron chi connectivity index (χ3n) is 4.30. The first kappa shape index (κ1) is 11.1. The molecule has 1 aromatic carbocycles. The van der Waals surface area contributed by atoms with Crippen molar-refractivity contribution >= 4 is 5.69 Å². The summed E-state index contributed by atoms with van der Waals surface area (Å²) >= 11 is 0. The largest absolute Gasteiger partial charge is 0.365 e. The summed E-state index contributed by atoms with van der Waals surface area (Å²) in [6, 6.07) is 8.32. The molecule has 0 aromatic heterocycles. The van der Waals surface area contributed by atoms with Crippen molar-refractivity contribution in [3.63, 3.8) is 0 Å². The van der Waals surface area contributed by atoms with Gasteiger partial charge in [-0.15, -0.1) is 0 Å². The van der Waals surface area contributed by atoms with Gasteiger partial charge in [-0.05, 0) is 44.7 Å². The number of rotatable bonds is 1. The van der Waals surface area contributed by atoms with E-state index >= 15 is 0 Å². The molecule has 1 saturated carbocycles. The molecule has 92 valence electrons. The first-order valence-electron chi connectivity index (χ1n) is 6.83. The smallest absolute Gasteiger partial charge is 0.0443 e. The Kier molecular flexibility index (Phi) is 2.83. The van der Waals surface area contributed by atoms with Crippen molar-refractivity contribution in [3.8, 4) is 0 Å². The lowest BCUT2D eigenvalue weighted by Crippen LogP contribution is -2.55. The molecule has 2 atom stereocenters. The number of hydrogen-bond donors (Lipinski definition) is 1. The second-order valence-corrected chi connectivity index (χ2v) is 5.54. The van der Waals surface area contributed by atoms with Crippen LogP contribution in [0.2, 0.25) is 0 Å². The highest BCUT2D eigenvalue weighted by Crippen LogP contribution is 2.32. The van der Waals surface area contributed by atoms with Crippen LogP contribution in [0.15, 0.2) is 18.2 Å². The van der Waals surface area contributed by atoms with Crippen LogP contribution in [0, 0.1) is 13.8 Å². The van der Waals surface area contributed by atoms with E-state index in [0.717, 1.165) is 25.2 Å². The molecule has 2 heteroatoms. The van der Waals surface area contributed by atoms with Crippen LogP contribution in [0.3, 0.4) is 0 Å². The van der Waals surface area contributed by atoms with E-state index in [2.05, 4.69) is 42.3 Å². The van der Waals surface area contributed by atoms with E-state index in [0.29, 0.717) is 0 Å². The maximum absolute atomic E-state index is 3.67. The number of piperazine rings is 1. The molecule has 0 bridgehead atoms. The van der Waals surface area contributed by atoms with Crippen LogP contribution in [0.4, 0.5) is 5.69 Å². The molecule has 1 aliphatic heterocycles. The van der Waals surface area contributed by atoms with Crippen LogP contribution in [0.1, 0.15) is 30.4 Å². The SMILES string of the molecule is Cc1ccc(N2CCN[C@@H]3CCC[C@@H]32)c(C)c1. The van der Waals surface area contributed by atoms with Gasteiger partial charge in [-0.3, -0.25) is 0 Å². The molecule has 2 aliphatic rings. The predicted molar refractivity (Wildman–Crippen MR) is 72.7 cm³/mol. The Morgan fingerprint density at radius 1 is 1.24 bits per heavy atom. The van der Waals surface area contributed by atoms with E-state index in [-0.39, 0.29) is 0 Å². The molecule has 1 saturated heterocycles. The summed E-state index contributed by atoms with van der Waals surface area (Å²) in [7, 11) is 0. The summed E-state index contributed by atoms with van der Waals surface area (Å²) in [6.45, 7) is 6.71. The molecule has 0 radical (unpaired) electrons. The molecule has 2 nitrogen and oxygen atoms in total. The summed E-state index contributed by atoms with van der Waals surface area (Å²) in [5.41, 5.74) is 4.25. The van der Waals surface area contributed by atoms with E-state index in [9.17, 15) is 0 Å². The normalized spacial score (nSPS) is 28.2. The van der Waals surface area contributed by atoms with Crippen molar-refractivity contribution in [1.29, 1.82) is 0 Å². The van der Waals surface area contributed by atoms with Gasteiger partial charge >= 0.3 is 0 Å². The topological polar surface area (TPSA) is 15.3 Å². The second kappa shape index (κ2) is 4.34. The zero-order valence-electron chi connectivity index (χ0n) is 10.9. The van der Waals surface area contributed by atoms with Gasteiger partial charge in [-0.1, -0.05) is 17.7 Å². The highest BCUT2D eigenvalue weighted by atomic mass is 15.2. The highest BCUT2D eigenvalue weighted by Gasteiger charge is 2.35. The molecular formula is C15H22N2. The standard InChI is InChI=1S/C15H22N2/c1-11-6-7-14(12(2)10-11)17-9-8-16-13-4-3-5-15(13)17/h6-7,10,13,15-16H,3-5,8-9H2,1-2H3/t13-,15+/m1/s1. The molecule has 1 N–H and O–H groups in total. The maximum atomic E-state index is 3.67. The molecule has 17 heavy (non-hydrogen) atoms. The van der Waals surface area contributed by atoms with E-state index in [1.165, 1.54) is 36.1 Å². The average molecular weight is 230 g/mol. The molecule has 2 fully saturated rings. The van der Waals surface area contributed by atoms with Gasteiger partial charge in [0.25, 0.3) is 0 Å². The minimum atomic E-state index is 0.726. The zero-order valence-corrected chi connectivity index (χ0v) is 10.9. The first-order chi connectivity index (χ1) is 8.25. The lowest BCUT2D eigenvalue weighted by molar-refractivity contribution is 0.403. The van der Waals surface area contributed by atoms with Gasteiger partial charge in [0.05, 0.1) is 0 Å². The van der Waals surface area contributed by atoms with Crippen LogP contribution in [0.25, 0.3) is 0 Å². The van der Waals surface area contributed by atoms with Gasteiger partial charge in [0.15, 0.2) is 0 Å². The van der Waals surface area contributed by atoms with E-state index in [1.54, 1.807) is 0 Å². The molecule has 1 heterocycles. The fraction of sp³-hybridized carbons (Fsp3) is 0.600. The predicted octanol–water partition coefficient (Wildman–Crippen LogP) is 2.63. The number of anilines is 1. The number of nitrogens with one attached hydrogen (secondary N) is 1. The Morgan fingerprint density at radius 2 is 2.12 bits per heavy atom. The van der Waals surface area contributed by atoms with Gasteiger partial charge in [0.1, 0.15) is 0 Å². The second-order valence-electron chi connectivity index (χ2n) is 5.54. The van der Waals surface area contributed by atoms with Crippen LogP contribution < -0.4 is 10.2 Å². The highest BCUT2D eigenvalue weighted by molar-refractivity contribution is 5.56. The minimum absolute atomic E-state index is 0.726. The lowest BCUT2D eigenvalue weighted by Gasteiger charge is -2.41. The summed E-state index contributed by atoms with van der Waals surface area (Å²) in [5, 5.41) is 3.67. The van der Waals surface area contributed by atoms with Crippen molar-refractivity contribution in [2.75, 3.05) is 18.0 Å². The van der Waals surface area contributed by atoms with Crippen molar-refractivity contribution in [1.82, 2.24) is 5.32 Å². The quantitative estimate of drug-likeness (QED) is 0.798. The molecule has 0 amide bonds. The van der Waals surface area contributed by atoms with Crippen LogP contribution in [-0.4, -0.2) is 25.2 Å². The first-order valence-corrected chi connectivity index (χ1v) is 6.83. The molecular weight excluding hydrogens is 208 g/mol. The molecule has 0 spiro atoms. The molecule has 1 aromatic rings. The zero-order chi connectivity index (χ0) is 11.8. The summed E-state index contributed by atoms with van der Waals surface area (Å²) < 4.78 is 0. The van der Waals surface area contributed by atoms with Gasteiger partial charge < -0.3 is 10.2 Å². The van der Waals surface area contributed by atoms with Crippen molar-refractivity contribution in [3.05, 3.63) is 29.3 Å². The Balaban J connectivity index is 1.91. The van der Waals surface area contributed by atoms with Crippen molar-refractivity contribution in [2.45, 2.75) is 45.2 Å². The van der Waals surface area contributed by atoms with E-state index in [4.69, 9.17) is 0 Å². The van der Waals surface area contributed by atoms with Crippen molar-refractivity contribution < 1.29 is 0 Å². The average Bonchev–Trinajstić information content (AvgIpc) is 2.77. The van der Waals surface area contributed by atoms with Crippen molar-refractivity contribution in [2.24, 2.45) is 0 Å². The molecule has 1 aliphatic carbocycles. The third-order valence-corrected chi connectivity index (χ3v) is 4.30. The monoisotopic (exact) mass is 230 g/mol. The van der Waals surface area contributed by atoms with Crippen LogP contribution in [0.5, 0.6) is 0 Å². The Morgan fingerprint density at radius 3 is 2.94 bits per heavy atom. The fourth-order valence-corrected chi connectivity index (χ4v) is 3.51. The van der Waals surface area contributed by atoms with Gasteiger partial charge in [0.2, 0.25) is 0 Å². The maximum Gasteiger partial charge on any atom is 0.0443 e. The summed E-state index contributed by atoms with van der Waals surface area (Å²) in [4.78, 5) is 2.64. The van der Waals surface area contributed by atoms with Crippen LogP contribution >= 0.6 is 0 Å². The number of benzene rings is 1. The third kappa shape index (κ3) is 1.95. The number of fused-ring (bicyclic) bond motifs is 1. The van der Waals surface area contributed by atoms with Crippen LogP contribution in [-0.2, 0) is 0 Å². The number of nitrogens with zero attached hydrogens (tertiary/aromatic N) is 1. The summed E-state index contributed by atoms with van der Waals surface area (Å²) in [6.07, 6.45) is 4.08. The molecule has 3 rings (SSSR count). The Labute approximate surface area is 104 Å². The van der Waals surface area contributed by atoms with Gasteiger partial charge in [-0.2, -0.15) is 0 Å². The van der Waals surface area contributed by atoms with Gasteiger partial charge in [0, 0.05) is 30.9 Å². The number of hydrogen-bond acceptors (Lipinski definition) is 2. The number of aryl methyl sites for hydroxylation is 2. The lowest BCUT2D eigenvalue weighted by atomic mass is 10.0. The summed E-state index contributed by atoms with van der Waals surface area (Å²) in [5.74, 6) is 0.